The number of aromatic nitrogens is 2. The fraction of sp³-hybridized carbons (Fsp3) is 0.250. The molecule has 9 heteroatoms. The third-order valence-electron chi connectivity index (χ3n) is 5.71. The van der Waals surface area contributed by atoms with E-state index in [0.717, 1.165) is 6.42 Å². The fourth-order valence-electron chi connectivity index (χ4n) is 3.88. The zero-order valence-corrected chi connectivity index (χ0v) is 18.5. The van der Waals surface area contributed by atoms with Crippen LogP contribution in [-0.2, 0) is 16.6 Å². The Labute approximate surface area is 190 Å². The first-order valence-electron chi connectivity index (χ1n) is 10.7. The van der Waals surface area contributed by atoms with Gasteiger partial charge in [-0.15, -0.1) is 0 Å². The Morgan fingerprint density at radius 1 is 1.00 bits per heavy atom. The first-order valence-corrected chi connectivity index (χ1v) is 10.7. The van der Waals surface area contributed by atoms with Crippen molar-refractivity contribution >= 4 is 29.1 Å². The Bertz CT molecular complexity index is 1280. The lowest BCUT2D eigenvalue weighted by molar-refractivity contribution is -0.131. The maximum Gasteiger partial charge on any atom is 0.295 e. The molecule has 0 saturated carbocycles. The van der Waals surface area contributed by atoms with E-state index in [2.05, 4.69) is 10.6 Å². The van der Waals surface area contributed by atoms with E-state index in [-0.39, 0.29) is 29.6 Å². The smallest absolute Gasteiger partial charge is 0.295 e. The minimum absolute atomic E-state index is 0.0164. The lowest BCUT2D eigenvalue weighted by Crippen LogP contribution is -2.34. The molecule has 0 atom stereocenters. The predicted octanol–water partition coefficient (Wildman–Crippen LogP) is 2.30. The van der Waals surface area contributed by atoms with Crippen LogP contribution in [0.4, 0.5) is 11.4 Å². The van der Waals surface area contributed by atoms with Crippen molar-refractivity contribution in [2.75, 3.05) is 23.7 Å². The van der Waals surface area contributed by atoms with Crippen molar-refractivity contribution in [3.8, 4) is 5.69 Å². The first-order chi connectivity index (χ1) is 15.8. The summed E-state index contributed by atoms with van der Waals surface area (Å²) in [5.74, 6) is -0.822. The first kappa shape index (κ1) is 22.1. The molecule has 0 radical (unpaired) electrons. The van der Waals surface area contributed by atoms with Crippen LogP contribution in [-0.4, -0.2) is 45.1 Å². The summed E-state index contributed by atoms with van der Waals surface area (Å²) >= 11 is 0. The Morgan fingerprint density at radius 3 is 2.45 bits per heavy atom. The van der Waals surface area contributed by atoms with Gasteiger partial charge in [0.15, 0.2) is 0 Å². The van der Waals surface area contributed by atoms with Crippen LogP contribution in [0.5, 0.6) is 0 Å². The predicted molar refractivity (Wildman–Crippen MR) is 125 cm³/mol. The molecule has 3 aromatic rings. The zero-order valence-electron chi connectivity index (χ0n) is 18.5. The van der Waals surface area contributed by atoms with Gasteiger partial charge in [0.1, 0.15) is 5.69 Å². The van der Waals surface area contributed by atoms with Crippen LogP contribution in [0.2, 0.25) is 0 Å². The monoisotopic (exact) mass is 447 g/mol. The molecule has 0 bridgehead atoms. The highest BCUT2D eigenvalue weighted by molar-refractivity contribution is 6.05. The van der Waals surface area contributed by atoms with Crippen molar-refractivity contribution in [2.45, 2.75) is 19.8 Å². The molecule has 0 unspecified atom stereocenters. The number of para-hydroxylation sites is 1. The number of amides is 3. The van der Waals surface area contributed by atoms with Crippen molar-refractivity contribution in [1.29, 1.82) is 0 Å². The summed E-state index contributed by atoms with van der Waals surface area (Å²) in [5, 5.41) is 5.44. The van der Waals surface area contributed by atoms with Crippen LogP contribution in [0.3, 0.4) is 0 Å². The largest absolute Gasteiger partial charge is 0.333 e. The molecule has 2 aromatic carbocycles. The quantitative estimate of drug-likeness (QED) is 0.605. The van der Waals surface area contributed by atoms with Gasteiger partial charge in [-0.25, -0.2) is 4.68 Å². The van der Waals surface area contributed by atoms with Gasteiger partial charge in [-0.3, -0.25) is 23.9 Å². The van der Waals surface area contributed by atoms with Crippen LogP contribution in [0, 0.1) is 6.92 Å². The van der Waals surface area contributed by atoms with Crippen molar-refractivity contribution in [1.82, 2.24) is 14.3 Å². The summed E-state index contributed by atoms with van der Waals surface area (Å²) in [6.45, 7) is 2.32. The van der Waals surface area contributed by atoms with Gasteiger partial charge in [-0.2, -0.15) is 0 Å². The number of rotatable bonds is 6. The highest BCUT2D eigenvalue weighted by Gasteiger charge is 2.23. The SMILES string of the molecule is Cc1c(NC(=O)c2cccc(NC(=O)CN3CCCC3=O)c2)c(=O)n(-c2ccccc2)n1C. The van der Waals surface area contributed by atoms with Gasteiger partial charge < -0.3 is 15.5 Å². The minimum Gasteiger partial charge on any atom is -0.333 e. The summed E-state index contributed by atoms with van der Waals surface area (Å²) in [5.41, 5.74) is 1.87. The van der Waals surface area contributed by atoms with Crippen molar-refractivity contribution in [2.24, 2.45) is 7.05 Å². The van der Waals surface area contributed by atoms with Gasteiger partial charge in [-0.05, 0) is 43.7 Å². The van der Waals surface area contributed by atoms with Gasteiger partial charge in [0, 0.05) is 31.3 Å². The second-order valence-corrected chi connectivity index (χ2v) is 7.94. The van der Waals surface area contributed by atoms with E-state index >= 15 is 0 Å². The summed E-state index contributed by atoms with van der Waals surface area (Å²) in [6.07, 6.45) is 1.22. The molecular weight excluding hydrogens is 422 g/mol. The van der Waals surface area contributed by atoms with E-state index in [4.69, 9.17) is 0 Å². The van der Waals surface area contributed by atoms with Crippen LogP contribution in [0.15, 0.2) is 59.4 Å². The molecule has 0 spiro atoms. The van der Waals surface area contributed by atoms with Crippen molar-refractivity contribution < 1.29 is 14.4 Å². The van der Waals surface area contributed by atoms with Crippen LogP contribution >= 0.6 is 0 Å². The molecular formula is C24H25N5O4. The molecule has 1 fully saturated rings. The number of benzene rings is 2. The van der Waals surface area contributed by atoms with Gasteiger partial charge in [0.25, 0.3) is 11.5 Å². The van der Waals surface area contributed by atoms with Gasteiger partial charge >= 0.3 is 0 Å². The summed E-state index contributed by atoms with van der Waals surface area (Å²) < 4.78 is 3.17. The van der Waals surface area contributed by atoms with Crippen molar-refractivity contribution in [3.63, 3.8) is 0 Å². The van der Waals surface area contributed by atoms with E-state index in [9.17, 15) is 19.2 Å². The van der Waals surface area contributed by atoms with E-state index in [1.807, 2.05) is 30.3 Å². The number of carbonyl (C=O) groups is 3. The molecule has 4 rings (SSSR count). The molecule has 1 aliphatic heterocycles. The fourth-order valence-corrected chi connectivity index (χ4v) is 3.88. The summed E-state index contributed by atoms with van der Waals surface area (Å²) in [6, 6.07) is 15.6. The molecule has 2 heterocycles. The molecule has 170 valence electrons. The van der Waals surface area contributed by atoms with Crippen molar-refractivity contribution in [3.05, 3.63) is 76.2 Å². The lowest BCUT2D eigenvalue weighted by Gasteiger charge is -2.15. The maximum atomic E-state index is 13.0. The molecule has 1 aliphatic rings. The molecule has 9 nitrogen and oxygen atoms in total. The molecule has 1 aromatic heterocycles. The highest BCUT2D eigenvalue weighted by atomic mass is 16.2. The highest BCUT2D eigenvalue weighted by Crippen LogP contribution is 2.17. The number of nitrogens with zero attached hydrogens (tertiary/aromatic N) is 3. The van der Waals surface area contributed by atoms with Crippen LogP contribution < -0.4 is 16.2 Å². The van der Waals surface area contributed by atoms with Crippen LogP contribution in [0.25, 0.3) is 5.69 Å². The van der Waals surface area contributed by atoms with Gasteiger partial charge in [0.05, 0.1) is 17.9 Å². The average molecular weight is 447 g/mol. The molecule has 1 saturated heterocycles. The standard InChI is InChI=1S/C24H25N5O4/c1-16-22(24(33)29(27(16)2)19-10-4-3-5-11-19)26-23(32)17-8-6-9-18(14-17)25-20(30)15-28-13-7-12-21(28)31/h3-6,8-11,14H,7,12-13,15H2,1-2H3,(H,25,30)(H,26,32). The van der Waals surface area contributed by atoms with Gasteiger partial charge in [-0.1, -0.05) is 24.3 Å². The van der Waals surface area contributed by atoms with Crippen LogP contribution in [0.1, 0.15) is 28.9 Å². The normalized spacial score (nSPS) is 13.3. The average Bonchev–Trinajstić information content (AvgIpc) is 3.29. The summed E-state index contributed by atoms with van der Waals surface area (Å²) in [4.78, 5) is 51.4. The number of hydrogen-bond donors (Lipinski definition) is 2. The molecule has 0 aliphatic carbocycles. The molecule has 3 amide bonds. The third-order valence-corrected chi connectivity index (χ3v) is 5.71. The Kier molecular flexibility index (Phi) is 6.12. The summed E-state index contributed by atoms with van der Waals surface area (Å²) in [7, 11) is 1.75. The second kappa shape index (κ2) is 9.15. The van der Waals surface area contributed by atoms with Gasteiger partial charge in [0.2, 0.25) is 11.8 Å². The Hall–Kier alpha value is -4.14. The number of nitrogens with one attached hydrogen (secondary N) is 2. The minimum atomic E-state index is -0.466. The topological polar surface area (TPSA) is 105 Å². The third kappa shape index (κ3) is 4.57. The number of likely N-dealkylation sites (tertiary alicyclic amines) is 1. The zero-order chi connectivity index (χ0) is 23.5. The Morgan fingerprint density at radius 2 is 1.76 bits per heavy atom. The Balaban J connectivity index is 1.50. The van der Waals surface area contributed by atoms with E-state index in [0.29, 0.717) is 35.6 Å². The second-order valence-electron chi connectivity index (χ2n) is 7.94. The van der Waals surface area contributed by atoms with E-state index in [1.165, 1.54) is 15.6 Å². The molecule has 33 heavy (non-hydrogen) atoms. The number of carbonyl (C=O) groups excluding carboxylic acids is 3. The maximum absolute atomic E-state index is 13.0. The number of anilines is 2. The molecule has 2 N–H and O–H groups in total. The number of hydrogen-bond acceptors (Lipinski definition) is 4. The van der Waals surface area contributed by atoms with E-state index in [1.54, 1.807) is 36.9 Å². The lowest BCUT2D eigenvalue weighted by atomic mass is 10.2. The van der Waals surface area contributed by atoms with E-state index < -0.39 is 5.91 Å².